The highest BCUT2D eigenvalue weighted by molar-refractivity contribution is 5.88. The zero-order chi connectivity index (χ0) is 20.2. The number of hydrogen-bond donors (Lipinski definition) is 1. The van der Waals surface area contributed by atoms with E-state index in [1.54, 1.807) is 0 Å². The van der Waals surface area contributed by atoms with Gasteiger partial charge in [-0.1, -0.05) is 0 Å². The Hall–Kier alpha value is -3.48. The number of nitro groups is 1. The molecule has 0 fully saturated rings. The molecule has 0 radical (unpaired) electrons. The van der Waals surface area contributed by atoms with Crippen molar-refractivity contribution in [3.63, 3.8) is 0 Å². The molecule has 0 aliphatic carbocycles. The maximum absolute atomic E-state index is 12.6. The largest absolute Gasteiger partial charge is 0.459 e. The fourth-order valence-corrected chi connectivity index (χ4v) is 1.70. The number of halogens is 3. The van der Waals surface area contributed by atoms with Crippen LogP contribution in [0.3, 0.4) is 0 Å². The van der Waals surface area contributed by atoms with Crippen LogP contribution in [0.5, 0.6) is 11.6 Å². The number of benzene rings is 1. The van der Waals surface area contributed by atoms with Crippen LogP contribution >= 0.6 is 0 Å². The number of hydroxylamine groups is 2. The average Bonchev–Trinajstić information content (AvgIpc) is 2.61. The van der Waals surface area contributed by atoms with E-state index in [-0.39, 0.29) is 5.75 Å². The molecule has 0 saturated heterocycles. The Labute approximate surface area is 149 Å². The third-order valence-corrected chi connectivity index (χ3v) is 3.07. The van der Waals surface area contributed by atoms with Crippen LogP contribution in [0.4, 0.5) is 29.5 Å². The van der Waals surface area contributed by atoms with E-state index in [0.29, 0.717) is 11.9 Å². The molecular formula is C14H12F3N5O5. The molecule has 0 spiro atoms. The lowest BCUT2D eigenvalue weighted by Crippen LogP contribution is -2.30. The predicted octanol–water partition coefficient (Wildman–Crippen LogP) is 3.22. The van der Waals surface area contributed by atoms with Crippen molar-refractivity contribution in [1.82, 2.24) is 15.0 Å². The summed E-state index contributed by atoms with van der Waals surface area (Å²) in [5.41, 5.74) is -1.16. The van der Waals surface area contributed by atoms with Gasteiger partial charge in [0.15, 0.2) is 0 Å². The van der Waals surface area contributed by atoms with Crippen LogP contribution in [-0.4, -0.2) is 40.1 Å². The topological polar surface area (TPSA) is 120 Å². The van der Waals surface area contributed by atoms with Gasteiger partial charge in [-0.15, -0.1) is 0 Å². The molecule has 2 amide bonds. The van der Waals surface area contributed by atoms with Gasteiger partial charge in [-0.05, 0) is 34.2 Å². The predicted molar refractivity (Wildman–Crippen MR) is 84.0 cm³/mol. The van der Waals surface area contributed by atoms with E-state index in [9.17, 15) is 28.1 Å². The van der Waals surface area contributed by atoms with Crippen LogP contribution in [0.15, 0.2) is 30.5 Å². The lowest BCUT2D eigenvalue weighted by molar-refractivity contribution is -0.391. The fourth-order valence-electron chi connectivity index (χ4n) is 1.70. The minimum atomic E-state index is -4.88. The first kappa shape index (κ1) is 19.8. The van der Waals surface area contributed by atoms with Crippen molar-refractivity contribution in [3.05, 3.63) is 46.3 Å². The zero-order valence-electron chi connectivity index (χ0n) is 13.9. The van der Waals surface area contributed by atoms with Crippen molar-refractivity contribution in [1.29, 1.82) is 0 Å². The molecule has 1 aromatic carbocycles. The third kappa shape index (κ3) is 5.01. The van der Waals surface area contributed by atoms with Crippen LogP contribution in [0.25, 0.3) is 0 Å². The van der Waals surface area contributed by atoms with E-state index < -0.39 is 34.5 Å². The molecular weight excluding hydrogens is 375 g/mol. The second-order valence-corrected chi connectivity index (χ2v) is 4.88. The van der Waals surface area contributed by atoms with Gasteiger partial charge in [0.05, 0.1) is 13.3 Å². The number of alkyl halides is 3. The minimum Gasteiger partial charge on any atom is -0.433 e. The molecule has 2 rings (SSSR count). The molecule has 0 aliphatic rings. The molecule has 144 valence electrons. The van der Waals surface area contributed by atoms with Crippen LogP contribution in [-0.2, 0) is 11.0 Å². The fraction of sp³-hybridized carbons (Fsp3) is 0.214. The first-order valence-corrected chi connectivity index (χ1v) is 7.07. The summed E-state index contributed by atoms with van der Waals surface area (Å²) in [7, 11) is 2.68. The highest BCUT2D eigenvalue weighted by atomic mass is 19.4. The summed E-state index contributed by atoms with van der Waals surface area (Å²) in [6.45, 7) is 0. The number of amides is 2. The quantitative estimate of drug-likeness (QED) is 0.618. The number of aromatic nitrogens is 2. The lowest BCUT2D eigenvalue weighted by atomic mass is 10.3. The summed E-state index contributed by atoms with van der Waals surface area (Å²) in [5, 5.41) is 14.4. The number of hydrogen-bond acceptors (Lipinski definition) is 7. The Kier molecular flexibility index (Phi) is 5.75. The summed E-state index contributed by atoms with van der Waals surface area (Å²) >= 11 is 0. The number of rotatable bonds is 5. The summed E-state index contributed by atoms with van der Waals surface area (Å²) in [4.78, 5) is 32.4. The van der Waals surface area contributed by atoms with E-state index in [4.69, 9.17) is 9.57 Å². The molecule has 0 saturated carbocycles. The van der Waals surface area contributed by atoms with Crippen LogP contribution in [0, 0.1) is 10.1 Å². The molecule has 2 aromatic rings. The van der Waals surface area contributed by atoms with Gasteiger partial charge in [0.25, 0.3) is 5.69 Å². The van der Waals surface area contributed by atoms with E-state index in [1.165, 1.54) is 38.4 Å². The van der Waals surface area contributed by atoms with E-state index in [1.807, 2.05) is 0 Å². The van der Waals surface area contributed by atoms with Gasteiger partial charge < -0.3 is 20.2 Å². The Morgan fingerprint density at radius 3 is 2.44 bits per heavy atom. The Morgan fingerprint density at radius 2 is 1.93 bits per heavy atom. The summed E-state index contributed by atoms with van der Waals surface area (Å²) in [6.07, 6.45) is -4.55. The van der Waals surface area contributed by atoms with E-state index >= 15 is 0 Å². The van der Waals surface area contributed by atoms with Crippen molar-refractivity contribution in [3.8, 4) is 11.6 Å². The number of ether oxygens (including phenoxy) is 1. The zero-order valence-corrected chi connectivity index (χ0v) is 13.9. The van der Waals surface area contributed by atoms with E-state index in [2.05, 4.69) is 15.3 Å². The average molecular weight is 387 g/mol. The van der Waals surface area contributed by atoms with E-state index in [0.717, 1.165) is 5.06 Å². The summed E-state index contributed by atoms with van der Waals surface area (Å²) < 4.78 is 43.0. The van der Waals surface area contributed by atoms with Crippen LogP contribution in [0.1, 0.15) is 5.69 Å². The number of anilines is 1. The second-order valence-electron chi connectivity index (χ2n) is 4.88. The monoisotopic (exact) mass is 387 g/mol. The molecule has 1 heterocycles. The highest BCUT2D eigenvalue weighted by Gasteiger charge is 2.40. The third-order valence-electron chi connectivity index (χ3n) is 3.07. The molecule has 0 aliphatic heterocycles. The van der Waals surface area contributed by atoms with Crippen molar-refractivity contribution in [2.75, 3.05) is 19.5 Å². The smallest absolute Gasteiger partial charge is 0.433 e. The van der Waals surface area contributed by atoms with Gasteiger partial charge in [-0.2, -0.15) is 13.2 Å². The first-order valence-electron chi connectivity index (χ1n) is 7.07. The van der Waals surface area contributed by atoms with Crippen molar-refractivity contribution in [2.24, 2.45) is 0 Å². The SMILES string of the molecule is CON(C)C(=O)Nc1ccc(Oc2ncc(C(F)(F)F)nc2[N+](=O)[O-])cc1. The van der Waals surface area contributed by atoms with Crippen LogP contribution < -0.4 is 10.1 Å². The highest BCUT2D eigenvalue weighted by Crippen LogP contribution is 2.33. The number of carbonyl (C=O) groups excluding carboxylic acids is 1. The van der Waals surface area contributed by atoms with Crippen molar-refractivity contribution >= 4 is 17.5 Å². The summed E-state index contributed by atoms with van der Waals surface area (Å²) in [5.74, 6) is -1.85. The second kappa shape index (κ2) is 7.82. The molecule has 10 nitrogen and oxygen atoms in total. The summed E-state index contributed by atoms with van der Waals surface area (Å²) in [6, 6.07) is 4.90. The Morgan fingerprint density at radius 1 is 1.30 bits per heavy atom. The lowest BCUT2D eigenvalue weighted by Gasteiger charge is -2.14. The molecule has 13 heteroatoms. The van der Waals surface area contributed by atoms with Crippen molar-refractivity contribution < 1.29 is 32.5 Å². The van der Waals surface area contributed by atoms with Crippen LogP contribution in [0.2, 0.25) is 0 Å². The van der Waals surface area contributed by atoms with Gasteiger partial charge in [-0.25, -0.2) is 14.8 Å². The number of urea groups is 1. The molecule has 0 bridgehead atoms. The molecule has 27 heavy (non-hydrogen) atoms. The standard InChI is InChI=1S/C14H12F3N5O5/c1-21(26-2)13(23)19-8-3-5-9(6-4-8)27-12-11(22(24)25)20-10(7-18-12)14(15,16)17/h3-7H,1-2H3,(H,19,23). The van der Waals surface area contributed by atoms with Gasteiger partial charge in [0.2, 0.25) is 0 Å². The number of nitrogens with one attached hydrogen (secondary N) is 1. The maximum Gasteiger partial charge on any atom is 0.459 e. The minimum absolute atomic E-state index is 0.0326. The molecule has 0 unspecified atom stereocenters. The van der Waals surface area contributed by atoms with Gasteiger partial charge in [0.1, 0.15) is 5.75 Å². The maximum atomic E-state index is 12.6. The molecule has 0 atom stereocenters. The Bertz CT molecular complexity index is 844. The molecule has 1 aromatic heterocycles. The normalized spacial score (nSPS) is 11.0. The van der Waals surface area contributed by atoms with Gasteiger partial charge in [-0.3, -0.25) is 4.84 Å². The number of nitrogens with zero attached hydrogens (tertiary/aromatic N) is 4. The van der Waals surface area contributed by atoms with Crippen molar-refractivity contribution in [2.45, 2.75) is 6.18 Å². The Balaban J connectivity index is 2.19. The number of carbonyl (C=O) groups is 1. The first-order chi connectivity index (χ1) is 12.6. The van der Waals surface area contributed by atoms with Gasteiger partial charge in [0, 0.05) is 12.7 Å². The molecule has 1 N–H and O–H groups in total. The van der Waals surface area contributed by atoms with Gasteiger partial charge >= 0.3 is 23.9 Å².